The third-order valence-electron chi connectivity index (χ3n) is 5.17. The number of hydrogen-bond acceptors (Lipinski definition) is 2. The Hall–Kier alpha value is -0.0800. The molecule has 16 heavy (non-hydrogen) atoms. The average Bonchev–Trinajstić information content (AvgIpc) is 2.74. The SMILES string of the molecule is CCC1(CC)CCN(C2CCCC(N)C2)C1. The van der Waals surface area contributed by atoms with Gasteiger partial charge in [-0.25, -0.2) is 0 Å². The fraction of sp³-hybridized carbons (Fsp3) is 1.00. The molecule has 2 nitrogen and oxygen atoms in total. The van der Waals surface area contributed by atoms with Crippen molar-refractivity contribution in [2.75, 3.05) is 13.1 Å². The first-order valence-electron chi connectivity index (χ1n) is 7.19. The van der Waals surface area contributed by atoms with Gasteiger partial charge < -0.3 is 5.73 Å². The number of likely N-dealkylation sites (tertiary alicyclic amines) is 1. The van der Waals surface area contributed by atoms with Crippen LogP contribution in [-0.2, 0) is 0 Å². The Morgan fingerprint density at radius 3 is 2.56 bits per heavy atom. The van der Waals surface area contributed by atoms with Gasteiger partial charge in [0, 0.05) is 18.6 Å². The molecule has 0 spiro atoms. The standard InChI is InChI=1S/C14H28N2/c1-3-14(4-2)8-9-16(11-14)13-7-5-6-12(15)10-13/h12-13H,3-11,15H2,1-2H3. The van der Waals surface area contributed by atoms with E-state index in [1.165, 1.54) is 58.0 Å². The molecule has 2 unspecified atom stereocenters. The number of nitrogens with zero attached hydrogens (tertiary/aromatic N) is 1. The van der Waals surface area contributed by atoms with Gasteiger partial charge in [-0.1, -0.05) is 20.3 Å². The summed E-state index contributed by atoms with van der Waals surface area (Å²) in [6, 6.07) is 1.26. The second kappa shape index (κ2) is 5.05. The van der Waals surface area contributed by atoms with Gasteiger partial charge in [-0.05, 0) is 50.5 Å². The van der Waals surface area contributed by atoms with Crippen LogP contribution in [0.15, 0.2) is 0 Å². The Balaban J connectivity index is 1.92. The molecular formula is C14H28N2. The van der Waals surface area contributed by atoms with Crippen LogP contribution in [0.25, 0.3) is 0 Å². The molecule has 0 amide bonds. The lowest BCUT2D eigenvalue weighted by atomic mass is 9.81. The van der Waals surface area contributed by atoms with Gasteiger partial charge in [-0.15, -0.1) is 0 Å². The van der Waals surface area contributed by atoms with E-state index in [2.05, 4.69) is 18.7 Å². The topological polar surface area (TPSA) is 29.3 Å². The number of nitrogens with two attached hydrogens (primary N) is 1. The molecule has 0 bridgehead atoms. The Labute approximate surface area is 101 Å². The fourth-order valence-corrected chi connectivity index (χ4v) is 3.64. The minimum absolute atomic E-state index is 0.469. The van der Waals surface area contributed by atoms with Gasteiger partial charge in [-0.2, -0.15) is 0 Å². The predicted octanol–water partition coefficient (Wildman–Crippen LogP) is 2.77. The maximum Gasteiger partial charge on any atom is 0.0110 e. The van der Waals surface area contributed by atoms with Crippen LogP contribution in [-0.4, -0.2) is 30.1 Å². The van der Waals surface area contributed by atoms with Crippen molar-refractivity contribution in [3.63, 3.8) is 0 Å². The summed E-state index contributed by atoms with van der Waals surface area (Å²) in [4.78, 5) is 2.74. The summed E-state index contributed by atoms with van der Waals surface area (Å²) in [6.07, 6.45) is 9.31. The van der Waals surface area contributed by atoms with Crippen LogP contribution in [0.4, 0.5) is 0 Å². The highest BCUT2D eigenvalue weighted by Crippen LogP contribution is 2.39. The van der Waals surface area contributed by atoms with Crippen LogP contribution in [0.2, 0.25) is 0 Å². The highest BCUT2D eigenvalue weighted by atomic mass is 15.2. The van der Waals surface area contributed by atoms with Crippen LogP contribution < -0.4 is 5.73 Å². The summed E-state index contributed by atoms with van der Waals surface area (Å²) in [6.45, 7) is 7.37. The van der Waals surface area contributed by atoms with Gasteiger partial charge in [0.25, 0.3) is 0 Å². The predicted molar refractivity (Wildman–Crippen MR) is 69.4 cm³/mol. The van der Waals surface area contributed by atoms with Gasteiger partial charge in [-0.3, -0.25) is 4.90 Å². The molecular weight excluding hydrogens is 196 g/mol. The van der Waals surface area contributed by atoms with E-state index < -0.39 is 0 Å². The molecule has 0 radical (unpaired) electrons. The summed E-state index contributed by atoms with van der Waals surface area (Å²) in [5, 5.41) is 0. The molecule has 1 saturated carbocycles. The van der Waals surface area contributed by atoms with E-state index in [9.17, 15) is 0 Å². The molecule has 0 aromatic rings. The van der Waals surface area contributed by atoms with Gasteiger partial charge in [0.05, 0.1) is 0 Å². The summed E-state index contributed by atoms with van der Waals surface area (Å²) in [5.41, 5.74) is 6.73. The molecule has 2 heteroatoms. The fourth-order valence-electron chi connectivity index (χ4n) is 3.64. The Morgan fingerprint density at radius 2 is 2.00 bits per heavy atom. The van der Waals surface area contributed by atoms with Crippen molar-refractivity contribution in [3.8, 4) is 0 Å². The van der Waals surface area contributed by atoms with Crippen LogP contribution in [0.3, 0.4) is 0 Å². The Morgan fingerprint density at radius 1 is 1.25 bits per heavy atom. The van der Waals surface area contributed by atoms with Crippen molar-refractivity contribution in [2.45, 2.75) is 70.9 Å². The normalized spacial score (nSPS) is 35.4. The summed E-state index contributed by atoms with van der Waals surface area (Å²) < 4.78 is 0. The zero-order valence-corrected chi connectivity index (χ0v) is 11.0. The minimum Gasteiger partial charge on any atom is -0.328 e. The van der Waals surface area contributed by atoms with E-state index in [1.54, 1.807) is 0 Å². The first-order chi connectivity index (χ1) is 7.69. The lowest BCUT2D eigenvalue weighted by molar-refractivity contribution is 0.152. The van der Waals surface area contributed by atoms with Gasteiger partial charge >= 0.3 is 0 Å². The van der Waals surface area contributed by atoms with Crippen LogP contribution in [0.1, 0.15) is 58.8 Å². The van der Waals surface area contributed by atoms with Gasteiger partial charge in [0.2, 0.25) is 0 Å². The molecule has 2 fully saturated rings. The largest absolute Gasteiger partial charge is 0.328 e. The average molecular weight is 224 g/mol. The molecule has 94 valence electrons. The van der Waals surface area contributed by atoms with E-state index in [0.29, 0.717) is 11.5 Å². The summed E-state index contributed by atoms with van der Waals surface area (Å²) >= 11 is 0. The molecule has 2 aliphatic rings. The third-order valence-corrected chi connectivity index (χ3v) is 5.17. The summed E-state index contributed by atoms with van der Waals surface area (Å²) in [5.74, 6) is 0. The van der Waals surface area contributed by atoms with E-state index in [1.807, 2.05) is 0 Å². The second-order valence-corrected chi connectivity index (χ2v) is 6.01. The van der Waals surface area contributed by atoms with Crippen molar-refractivity contribution in [1.29, 1.82) is 0 Å². The zero-order valence-electron chi connectivity index (χ0n) is 11.0. The summed E-state index contributed by atoms with van der Waals surface area (Å²) in [7, 11) is 0. The van der Waals surface area contributed by atoms with E-state index in [-0.39, 0.29) is 0 Å². The Bertz CT molecular complexity index is 223. The zero-order chi connectivity index (χ0) is 11.6. The maximum absolute atomic E-state index is 6.10. The molecule has 2 atom stereocenters. The van der Waals surface area contributed by atoms with E-state index in [0.717, 1.165) is 6.04 Å². The van der Waals surface area contributed by atoms with E-state index in [4.69, 9.17) is 5.73 Å². The van der Waals surface area contributed by atoms with Crippen LogP contribution in [0.5, 0.6) is 0 Å². The first kappa shape index (κ1) is 12.4. The molecule has 1 aliphatic heterocycles. The Kier molecular flexibility index (Phi) is 3.91. The quantitative estimate of drug-likeness (QED) is 0.798. The number of rotatable bonds is 3. The molecule has 1 aliphatic carbocycles. The van der Waals surface area contributed by atoms with E-state index >= 15 is 0 Å². The van der Waals surface area contributed by atoms with Crippen LogP contribution in [0, 0.1) is 5.41 Å². The van der Waals surface area contributed by atoms with Crippen molar-refractivity contribution in [1.82, 2.24) is 4.90 Å². The smallest absolute Gasteiger partial charge is 0.0110 e. The van der Waals surface area contributed by atoms with Crippen molar-refractivity contribution in [3.05, 3.63) is 0 Å². The van der Waals surface area contributed by atoms with Crippen molar-refractivity contribution < 1.29 is 0 Å². The monoisotopic (exact) mass is 224 g/mol. The van der Waals surface area contributed by atoms with Crippen molar-refractivity contribution in [2.24, 2.45) is 11.1 Å². The minimum atomic E-state index is 0.469. The lowest BCUT2D eigenvalue weighted by Crippen LogP contribution is -2.42. The number of hydrogen-bond donors (Lipinski definition) is 1. The molecule has 1 heterocycles. The molecule has 0 aromatic carbocycles. The highest BCUT2D eigenvalue weighted by molar-refractivity contribution is 4.93. The molecule has 0 aromatic heterocycles. The second-order valence-electron chi connectivity index (χ2n) is 6.01. The van der Waals surface area contributed by atoms with Gasteiger partial charge in [0.15, 0.2) is 0 Å². The lowest BCUT2D eigenvalue weighted by Gasteiger charge is -2.35. The highest BCUT2D eigenvalue weighted by Gasteiger charge is 2.38. The van der Waals surface area contributed by atoms with Crippen molar-refractivity contribution >= 4 is 0 Å². The molecule has 1 saturated heterocycles. The van der Waals surface area contributed by atoms with Gasteiger partial charge in [0.1, 0.15) is 0 Å². The third kappa shape index (κ3) is 2.43. The molecule has 2 N–H and O–H groups in total. The maximum atomic E-state index is 6.10. The first-order valence-corrected chi connectivity index (χ1v) is 7.19. The molecule has 2 rings (SSSR count). The van der Waals surface area contributed by atoms with Crippen LogP contribution >= 0.6 is 0 Å².